The average Bonchev–Trinajstić information content (AvgIpc) is 3.17. The average molecular weight is 404 g/mol. The molecule has 5 nitrogen and oxygen atoms in total. The number of aromatic nitrogens is 2. The summed E-state index contributed by atoms with van der Waals surface area (Å²) in [7, 11) is 1.63. The molecule has 146 valence electrons. The van der Waals surface area contributed by atoms with Gasteiger partial charge in [-0.3, -0.25) is 14.7 Å². The topological polar surface area (TPSA) is 55.3 Å². The lowest BCUT2D eigenvalue weighted by atomic mass is 10.1. The second kappa shape index (κ2) is 8.41. The lowest BCUT2D eigenvalue weighted by Crippen LogP contribution is -2.31. The van der Waals surface area contributed by atoms with Crippen molar-refractivity contribution in [3.8, 4) is 5.75 Å². The normalized spacial score (nSPS) is 10.8. The second-order valence-corrected chi connectivity index (χ2v) is 7.84. The predicted molar refractivity (Wildman–Crippen MR) is 116 cm³/mol. The molecule has 0 bridgehead atoms. The molecule has 0 radical (unpaired) electrons. The van der Waals surface area contributed by atoms with Crippen molar-refractivity contribution in [1.82, 2.24) is 9.97 Å². The molecule has 2 heterocycles. The Morgan fingerprint density at radius 2 is 1.93 bits per heavy atom. The van der Waals surface area contributed by atoms with Crippen molar-refractivity contribution in [2.24, 2.45) is 0 Å². The standard InChI is InChI=1S/C23H21N3O2S/c1-16-5-7-17(8-6-16)12-22(27)26(15-18-4-3-11-24-14-18)23-25-20-13-19(28-2)9-10-21(20)29-23/h3-11,13-14H,12,15H2,1-2H3. The van der Waals surface area contributed by atoms with Crippen LogP contribution >= 0.6 is 11.3 Å². The van der Waals surface area contributed by atoms with E-state index in [0.29, 0.717) is 18.1 Å². The van der Waals surface area contributed by atoms with Crippen LogP contribution in [-0.4, -0.2) is 23.0 Å². The number of amides is 1. The first-order valence-corrected chi connectivity index (χ1v) is 10.1. The molecule has 1 amide bonds. The first kappa shape index (κ1) is 19.1. The second-order valence-electron chi connectivity index (χ2n) is 6.83. The molecule has 0 fully saturated rings. The zero-order valence-electron chi connectivity index (χ0n) is 16.3. The molecular weight excluding hydrogens is 382 g/mol. The van der Waals surface area contributed by atoms with E-state index in [-0.39, 0.29) is 5.91 Å². The number of ether oxygens (including phenoxy) is 1. The number of thiazole rings is 1. The molecule has 2 aromatic heterocycles. The summed E-state index contributed by atoms with van der Waals surface area (Å²) in [6.45, 7) is 2.46. The van der Waals surface area contributed by atoms with Gasteiger partial charge in [0.2, 0.25) is 5.91 Å². The van der Waals surface area contributed by atoms with E-state index in [0.717, 1.165) is 27.1 Å². The van der Waals surface area contributed by atoms with Crippen LogP contribution in [0.2, 0.25) is 0 Å². The Bertz CT molecular complexity index is 1120. The van der Waals surface area contributed by atoms with Gasteiger partial charge in [0.25, 0.3) is 0 Å². The Kier molecular flexibility index (Phi) is 5.53. The molecule has 0 aliphatic rings. The minimum Gasteiger partial charge on any atom is -0.497 e. The highest BCUT2D eigenvalue weighted by Gasteiger charge is 2.21. The zero-order valence-corrected chi connectivity index (χ0v) is 17.1. The summed E-state index contributed by atoms with van der Waals surface area (Å²) in [5.41, 5.74) is 3.94. The van der Waals surface area contributed by atoms with Crippen molar-refractivity contribution in [3.05, 3.63) is 83.7 Å². The summed E-state index contributed by atoms with van der Waals surface area (Å²) in [4.78, 5) is 23.9. The fourth-order valence-electron chi connectivity index (χ4n) is 3.05. The molecule has 0 spiro atoms. The van der Waals surface area contributed by atoms with Gasteiger partial charge in [-0.2, -0.15) is 0 Å². The molecular formula is C23H21N3O2S. The van der Waals surface area contributed by atoms with Gasteiger partial charge in [-0.15, -0.1) is 0 Å². The third kappa shape index (κ3) is 4.43. The number of hydrogen-bond donors (Lipinski definition) is 0. The number of rotatable bonds is 6. The summed E-state index contributed by atoms with van der Waals surface area (Å²) < 4.78 is 6.31. The van der Waals surface area contributed by atoms with Crippen molar-refractivity contribution >= 4 is 32.6 Å². The number of pyridine rings is 1. The minimum atomic E-state index is 0.00345. The first-order chi connectivity index (χ1) is 14.1. The van der Waals surface area contributed by atoms with Gasteiger partial charge in [-0.25, -0.2) is 4.98 Å². The Morgan fingerprint density at radius 3 is 2.66 bits per heavy atom. The van der Waals surface area contributed by atoms with E-state index in [1.165, 1.54) is 16.9 Å². The number of aryl methyl sites for hydroxylation is 1. The molecule has 0 aliphatic heterocycles. The monoisotopic (exact) mass is 403 g/mol. The highest BCUT2D eigenvalue weighted by molar-refractivity contribution is 7.22. The highest BCUT2D eigenvalue weighted by Crippen LogP contribution is 2.32. The molecule has 6 heteroatoms. The van der Waals surface area contributed by atoms with Crippen LogP contribution in [0.4, 0.5) is 5.13 Å². The molecule has 29 heavy (non-hydrogen) atoms. The number of methoxy groups -OCH3 is 1. The quantitative estimate of drug-likeness (QED) is 0.465. The van der Waals surface area contributed by atoms with E-state index < -0.39 is 0 Å². The van der Waals surface area contributed by atoms with Gasteiger partial charge in [0, 0.05) is 18.5 Å². The Morgan fingerprint density at radius 1 is 1.10 bits per heavy atom. The number of carbonyl (C=O) groups is 1. The van der Waals surface area contributed by atoms with E-state index in [1.807, 2.05) is 61.5 Å². The van der Waals surface area contributed by atoms with Gasteiger partial charge in [0.05, 0.1) is 30.3 Å². The fraction of sp³-hybridized carbons (Fsp3) is 0.174. The van der Waals surface area contributed by atoms with Crippen molar-refractivity contribution in [2.75, 3.05) is 12.0 Å². The number of nitrogens with zero attached hydrogens (tertiary/aromatic N) is 3. The highest BCUT2D eigenvalue weighted by atomic mass is 32.1. The maximum absolute atomic E-state index is 13.2. The van der Waals surface area contributed by atoms with Crippen molar-refractivity contribution in [1.29, 1.82) is 0 Å². The fourth-order valence-corrected chi connectivity index (χ4v) is 4.01. The van der Waals surface area contributed by atoms with Crippen molar-refractivity contribution in [3.63, 3.8) is 0 Å². The lowest BCUT2D eigenvalue weighted by Gasteiger charge is -2.20. The maximum Gasteiger partial charge on any atom is 0.233 e. The molecule has 0 aliphatic carbocycles. The number of hydrogen-bond acceptors (Lipinski definition) is 5. The molecule has 2 aromatic carbocycles. The van der Waals surface area contributed by atoms with Gasteiger partial charge in [-0.1, -0.05) is 47.2 Å². The van der Waals surface area contributed by atoms with Gasteiger partial charge >= 0.3 is 0 Å². The molecule has 4 rings (SSSR count). The molecule has 4 aromatic rings. The molecule has 0 saturated carbocycles. The summed E-state index contributed by atoms with van der Waals surface area (Å²) in [6.07, 6.45) is 3.83. The zero-order chi connectivity index (χ0) is 20.2. The van der Waals surface area contributed by atoms with Crippen LogP contribution in [0.25, 0.3) is 10.2 Å². The van der Waals surface area contributed by atoms with E-state index in [1.54, 1.807) is 24.4 Å². The van der Waals surface area contributed by atoms with Gasteiger partial charge in [0.15, 0.2) is 5.13 Å². The number of benzene rings is 2. The Labute approximate surface area is 173 Å². The van der Waals surface area contributed by atoms with Gasteiger partial charge in [0.1, 0.15) is 5.75 Å². The van der Waals surface area contributed by atoms with Crippen LogP contribution < -0.4 is 9.64 Å². The van der Waals surface area contributed by atoms with Crippen molar-refractivity contribution in [2.45, 2.75) is 19.9 Å². The smallest absolute Gasteiger partial charge is 0.233 e. The van der Waals surface area contributed by atoms with E-state index in [2.05, 4.69) is 4.98 Å². The van der Waals surface area contributed by atoms with Crippen LogP contribution in [0.3, 0.4) is 0 Å². The summed E-state index contributed by atoms with van der Waals surface area (Å²) in [5.74, 6) is 0.753. The number of anilines is 1. The van der Waals surface area contributed by atoms with Gasteiger partial charge in [-0.05, 0) is 36.2 Å². The number of carbonyl (C=O) groups excluding carboxylic acids is 1. The van der Waals surface area contributed by atoms with Crippen LogP contribution in [0.5, 0.6) is 5.75 Å². The number of fused-ring (bicyclic) bond motifs is 1. The van der Waals surface area contributed by atoms with E-state index in [4.69, 9.17) is 9.72 Å². The third-order valence-corrected chi connectivity index (χ3v) is 5.71. The first-order valence-electron chi connectivity index (χ1n) is 9.32. The summed E-state index contributed by atoms with van der Waals surface area (Å²) >= 11 is 1.50. The SMILES string of the molecule is COc1ccc2sc(N(Cc3cccnc3)C(=O)Cc3ccc(C)cc3)nc2c1. The van der Waals surface area contributed by atoms with Crippen LogP contribution in [0.15, 0.2) is 67.0 Å². The summed E-state index contributed by atoms with van der Waals surface area (Å²) in [5, 5.41) is 0.675. The summed E-state index contributed by atoms with van der Waals surface area (Å²) in [6, 6.07) is 17.7. The molecule has 0 N–H and O–H groups in total. The van der Waals surface area contributed by atoms with Crippen LogP contribution in [0, 0.1) is 6.92 Å². The Balaban J connectivity index is 1.67. The van der Waals surface area contributed by atoms with Crippen LogP contribution in [0.1, 0.15) is 16.7 Å². The molecule has 0 saturated heterocycles. The minimum absolute atomic E-state index is 0.00345. The van der Waals surface area contributed by atoms with Crippen molar-refractivity contribution < 1.29 is 9.53 Å². The van der Waals surface area contributed by atoms with Gasteiger partial charge < -0.3 is 4.74 Å². The van der Waals surface area contributed by atoms with E-state index >= 15 is 0 Å². The molecule has 0 unspecified atom stereocenters. The predicted octanol–water partition coefficient (Wildman–Crippen LogP) is 4.78. The third-order valence-electron chi connectivity index (χ3n) is 4.65. The van der Waals surface area contributed by atoms with E-state index in [9.17, 15) is 4.79 Å². The largest absolute Gasteiger partial charge is 0.497 e. The van der Waals surface area contributed by atoms with Crippen LogP contribution in [-0.2, 0) is 17.8 Å². The molecule has 0 atom stereocenters. The Hall–Kier alpha value is -3.25. The lowest BCUT2D eigenvalue weighted by molar-refractivity contribution is -0.118. The maximum atomic E-state index is 13.2.